The minimum absolute atomic E-state index is 0.363. The van der Waals surface area contributed by atoms with E-state index in [1.54, 1.807) is 36.4 Å². The highest BCUT2D eigenvalue weighted by atomic mass is 16.5. The van der Waals surface area contributed by atoms with Gasteiger partial charge in [-0.15, -0.1) is 0 Å². The Hall–Kier alpha value is -3.01. The molecule has 4 nitrogen and oxygen atoms in total. The number of ether oxygens (including phenoxy) is 1. The molecule has 0 radical (unpaired) electrons. The molecule has 2 aromatic rings. The highest BCUT2D eigenvalue weighted by molar-refractivity contribution is 6.11. The molecule has 2 aromatic carbocycles. The van der Waals surface area contributed by atoms with E-state index in [0.29, 0.717) is 11.8 Å². The van der Waals surface area contributed by atoms with Gasteiger partial charge in [0.05, 0.1) is 0 Å². The molecule has 1 unspecified atom stereocenters. The summed E-state index contributed by atoms with van der Waals surface area (Å²) in [6.07, 6.45) is 3.48. The number of carbonyl (C=O) groups excluding carboxylic acids is 3. The molecule has 4 heteroatoms. The van der Waals surface area contributed by atoms with Crippen LogP contribution in [0.25, 0.3) is 6.08 Å². The fourth-order valence-corrected chi connectivity index (χ4v) is 2.10. The monoisotopic (exact) mass is 308 g/mol. The number of benzene rings is 2. The van der Waals surface area contributed by atoms with E-state index in [9.17, 15) is 14.4 Å². The summed E-state index contributed by atoms with van der Waals surface area (Å²) in [6.45, 7) is -0.363. The zero-order chi connectivity index (χ0) is 16.5. The van der Waals surface area contributed by atoms with Gasteiger partial charge in [-0.05, 0) is 17.2 Å². The summed E-state index contributed by atoms with van der Waals surface area (Å²) in [6, 6.07) is 17.9. The largest absolute Gasteiger partial charge is 0.457 e. The van der Waals surface area contributed by atoms with Crippen molar-refractivity contribution in [1.82, 2.24) is 0 Å². The quantitative estimate of drug-likeness (QED) is 0.341. The molecule has 0 heterocycles. The molecule has 1 atom stereocenters. The van der Waals surface area contributed by atoms with E-state index in [1.165, 1.54) is 6.08 Å². The van der Waals surface area contributed by atoms with Crippen molar-refractivity contribution in [3.63, 3.8) is 0 Å². The van der Waals surface area contributed by atoms with Gasteiger partial charge < -0.3 is 4.74 Å². The molecule has 0 aliphatic heterocycles. The third kappa shape index (κ3) is 4.74. The molecule has 23 heavy (non-hydrogen) atoms. The van der Waals surface area contributed by atoms with Crippen molar-refractivity contribution in [3.8, 4) is 0 Å². The van der Waals surface area contributed by atoms with E-state index >= 15 is 0 Å². The Morgan fingerprint density at radius 1 is 0.957 bits per heavy atom. The predicted molar refractivity (Wildman–Crippen MR) is 86.7 cm³/mol. The van der Waals surface area contributed by atoms with E-state index in [1.807, 2.05) is 30.3 Å². The smallest absolute Gasteiger partial charge is 0.321 e. The van der Waals surface area contributed by atoms with Crippen LogP contribution in [-0.4, -0.2) is 24.6 Å². The van der Waals surface area contributed by atoms with Crippen molar-refractivity contribution in [2.75, 3.05) is 6.61 Å². The maximum atomic E-state index is 12.4. The van der Waals surface area contributed by atoms with E-state index < -0.39 is 17.7 Å². The standard InChI is InChI=1S/C19H16O4/c20-13-14-23-19(22)18(16-9-5-2-6-10-16)17(21)12-11-15-7-3-1-4-8-15/h1-13,18H,14H2. The molecular formula is C19H16O4. The second-order valence-corrected chi connectivity index (χ2v) is 4.79. The van der Waals surface area contributed by atoms with Gasteiger partial charge in [0.1, 0.15) is 12.5 Å². The summed E-state index contributed by atoms with van der Waals surface area (Å²) >= 11 is 0. The summed E-state index contributed by atoms with van der Waals surface area (Å²) < 4.78 is 4.82. The summed E-state index contributed by atoms with van der Waals surface area (Å²) in [5.74, 6) is -2.20. The number of hydrogen-bond donors (Lipinski definition) is 0. The van der Waals surface area contributed by atoms with Gasteiger partial charge in [0.25, 0.3) is 0 Å². The van der Waals surface area contributed by atoms with Crippen molar-refractivity contribution in [3.05, 3.63) is 77.9 Å². The van der Waals surface area contributed by atoms with E-state index in [2.05, 4.69) is 0 Å². The number of allylic oxidation sites excluding steroid dienone is 1. The highest BCUT2D eigenvalue weighted by Crippen LogP contribution is 2.20. The average Bonchev–Trinajstić information content (AvgIpc) is 2.60. The lowest BCUT2D eigenvalue weighted by Gasteiger charge is -2.12. The van der Waals surface area contributed by atoms with Crippen molar-refractivity contribution in [1.29, 1.82) is 0 Å². The van der Waals surface area contributed by atoms with Crippen LogP contribution in [0, 0.1) is 0 Å². The summed E-state index contributed by atoms with van der Waals surface area (Å²) in [5.41, 5.74) is 1.39. The van der Waals surface area contributed by atoms with Gasteiger partial charge in [0.2, 0.25) is 0 Å². The number of aldehydes is 1. The molecule has 116 valence electrons. The fraction of sp³-hybridized carbons (Fsp3) is 0.105. The third-order valence-corrected chi connectivity index (χ3v) is 3.19. The Kier molecular flexibility index (Phi) is 6.00. The molecular weight excluding hydrogens is 292 g/mol. The van der Waals surface area contributed by atoms with E-state index in [4.69, 9.17) is 4.74 Å². The number of ketones is 1. The Morgan fingerprint density at radius 3 is 2.17 bits per heavy atom. The second kappa shape index (κ2) is 8.44. The first-order valence-corrected chi connectivity index (χ1v) is 7.14. The van der Waals surface area contributed by atoms with Crippen molar-refractivity contribution < 1.29 is 19.1 Å². The number of rotatable bonds is 7. The summed E-state index contributed by atoms with van der Waals surface area (Å²) in [4.78, 5) is 34.9. The Labute approximate surface area is 134 Å². The maximum Gasteiger partial charge on any atom is 0.321 e. The molecule has 0 amide bonds. The maximum absolute atomic E-state index is 12.4. The van der Waals surface area contributed by atoms with Gasteiger partial charge in [-0.1, -0.05) is 66.7 Å². The molecule has 0 fully saturated rings. The van der Waals surface area contributed by atoms with Gasteiger partial charge in [0.15, 0.2) is 12.1 Å². The summed E-state index contributed by atoms with van der Waals surface area (Å²) in [7, 11) is 0. The van der Waals surface area contributed by atoms with Crippen LogP contribution < -0.4 is 0 Å². The Morgan fingerprint density at radius 2 is 1.57 bits per heavy atom. The van der Waals surface area contributed by atoms with Gasteiger partial charge >= 0.3 is 5.97 Å². The van der Waals surface area contributed by atoms with Gasteiger partial charge in [0, 0.05) is 0 Å². The molecule has 0 aliphatic carbocycles. The molecule has 0 saturated carbocycles. The van der Waals surface area contributed by atoms with Crippen LogP contribution in [0.15, 0.2) is 66.7 Å². The van der Waals surface area contributed by atoms with Crippen LogP contribution in [0.1, 0.15) is 17.0 Å². The SMILES string of the molecule is O=CCOC(=O)C(C(=O)C=Cc1ccccc1)c1ccccc1. The minimum Gasteiger partial charge on any atom is -0.457 e. The van der Waals surface area contributed by atoms with Crippen LogP contribution in [0.5, 0.6) is 0 Å². The average molecular weight is 308 g/mol. The van der Waals surface area contributed by atoms with Crippen molar-refractivity contribution >= 4 is 24.1 Å². The number of esters is 1. The van der Waals surface area contributed by atoms with Crippen LogP contribution in [-0.2, 0) is 19.1 Å². The van der Waals surface area contributed by atoms with Crippen molar-refractivity contribution in [2.45, 2.75) is 5.92 Å². The van der Waals surface area contributed by atoms with Gasteiger partial charge in [-0.3, -0.25) is 14.4 Å². The molecule has 0 spiro atoms. The summed E-state index contributed by atoms with van der Waals surface area (Å²) in [5, 5.41) is 0. The lowest BCUT2D eigenvalue weighted by molar-refractivity contribution is -0.149. The van der Waals surface area contributed by atoms with Crippen LogP contribution in [0.3, 0.4) is 0 Å². The highest BCUT2D eigenvalue weighted by Gasteiger charge is 2.28. The van der Waals surface area contributed by atoms with Crippen LogP contribution >= 0.6 is 0 Å². The van der Waals surface area contributed by atoms with Gasteiger partial charge in [-0.25, -0.2) is 0 Å². The predicted octanol–water partition coefficient (Wildman–Crippen LogP) is 2.79. The number of carbonyl (C=O) groups is 3. The van der Waals surface area contributed by atoms with E-state index in [-0.39, 0.29) is 6.61 Å². The lowest BCUT2D eigenvalue weighted by atomic mass is 9.94. The normalized spacial score (nSPS) is 11.8. The number of hydrogen-bond acceptors (Lipinski definition) is 4. The first kappa shape index (κ1) is 16.4. The zero-order valence-corrected chi connectivity index (χ0v) is 12.4. The minimum atomic E-state index is -1.07. The Bertz CT molecular complexity index is 690. The zero-order valence-electron chi connectivity index (χ0n) is 12.4. The van der Waals surface area contributed by atoms with Gasteiger partial charge in [-0.2, -0.15) is 0 Å². The molecule has 0 bridgehead atoms. The molecule has 2 rings (SSSR count). The van der Waals surface area contributed by atoms with Crippen LogP contribution in [0.2, 0.25) is 0 Å². The Balaban J connectivity index is 2.22. The third-order valence-electron chi connectivity index (χ3n) is 3.19. The first-order valence-electron chi connectivity index (χ1n) is 7.14. The molecule has 0 saturated heterocycles. The first-order chi connectivity index (χ1) is 11.2. The van der Waals surface area contributed by atoms with E-state index in [0.717, 1.165) is 5.56 Å². The molecule has 0 aliphatic rings. The molecule has 0 N–H and O–H groups in total. The van der Waals surface area contributed by atoms with Crippen LogP contribution in [0.4, 0.5) is 0 Å². The fourth-order valence-electron chi connectivity index (χ4n) is 2.10. The van der Waals surface area contributed by atoms with Crippen molar-refractivity contribution in [2.24, 2.45) is 0 Å². The second-order valence-electron chi connectivity index (χ2n) is 4.79. The topological polar surface area (TPSA) is 60.4 Å². The lowest BCUT2D eigenvalue weighted by Crippen LogP contribution is -2.23. The molecule has 0 aromatic heterocycles.